The zero-order valence-electron chi connectivity index (χ0n) is 35.0. The summed E-state index contributed by atoms with van der Waals surface area (Å²) in [5.74, 6) is -2.84. The van der Waals surface area contributed by atoms with E-state index in [-0.39, 0.29) is 29.2 Å². The normalized spacial score (nSPS) is 22.8. The van der Waals surface area contributed by atoms with Crippen molar-refractivity contribution < 1.29 is 23.1 Å². The lowest BCUT2D eigenvalue weighted by Crippen LogP contribution is -2.53. The van der Waals surface area contributed by atoms with Crippen molar-refractivity contribution in [3.05, 3.63) is 63.7 Å². The Morgan fingerprint density at radius 2 is 1.69 bits per heavy atom. The number of halogens is 3. The first-order valence-electron chi connectivity index (χ1n) is 21.6. The highest BCUT2D eigenvalue weighted by atomic mass is 35.5. The maximum atomic E-state index is 15.2. The smallest absolute Gasteiger partial charge is 0.301 e. The summed E-state index contributed by atoms with van der Waals surface area (Å²) in [7, 11) is 3.51. The van der Waals surface area contributed by atoms with Crippen LogP contribution in [-0.2, 0) is 23.7 Å². The average Bonchev–Trinajstić information content (AvgIpc) is 4.08. The van der Waals surface area contributed by atoms with Crippen molar-refractivity contribution in [2.75, 3.05) is 66.3 Å². The zero-order valence-corrected chi connectivity index (χ0v) is 35.7. The number of carbonyl (C=O) groups excluding carboxylic acids is 2. The first-order chi connectivity index (χ1) is 29.8. The van der Waals surface area contributed by atoms with E-state index >= 15 is 8.78 Å². The quantitative estimate of drug-likeness (QED) is 0.162. The third-order valence-electron chi connectivity index (χ3n) is 13.8. The fourth-order valence-corrected chi connectivity index (χ4v) is 10.1. The molecule has 3 N–H and O–H groups in total. The lowest BCUT2D eigenvalue weighted by Gasteiger charge is -2.43. The van der Waals surface area contributed by atoms with E-state index < -0.39 is 30.0 Å². The maximum absolute atomic E-state index is 15.2. The number of piperazine rings is 1. The number of hydrogen-bond donors (Lipinski definition) is 3. The molecule has 1 saturated carbocycles. The van der Waals surface area contributed by atoms with E-state index in [1.165, 1.54) is 4.57 Å². The Hall–Kier alpha value is -5.55. The second kappa shape index (κ2) is 15.7. The first-order valence-corrected chi connectivity index (χ1v) is 22.0. The second-order valence-electron chi connectivity index (χ2n) is 17.6. The third-order valence-corrected chi connectivity index (χ3v) is 14.1. The molecule has 3 unspecified atom stereocenters. The number of amides is 2. The zero-order chi connectivity index (χ0) is 43.0. The molecule has 7 heterocycles. The van der Waals surface area contributed by atoms with Gasteiger partial charge in [0.05, 0.1) is 40.6 Å². The van der Waals surface area contributed by atoms with Crippen LogP contribution < -0.4 is 36.0 Å². The topological polar surface area (TPSA) is 155 Å². The highest BCUT2D eigenvalue weighted by molar-refractivity contribution is 6.33. The van der Waals surface area contributed by atoms with Gasteiger partial charge in [-0.1, -0.05) is 11.6 Å². The Labute approximate surface area is 361 Å². The number of piperidine rings is 2. The van der Waals surface area contributed by atoms with Crippen LogP contribution in [0.15, 0.2) is 47.4 Å². The molecule has 0 radical (unpaired) electrons. The Bertz CT molecular complexity index is 2650. The van der Waals surface area contributed by atoms with Crippen LogP contribution in [0.1, 0.15) is 57.1 Å². The number of benzene rings is 2. The van der Waals surface area contributed by atoms with Crippen LogP contribution in [-0.4, -0.2) is 105 Å². The molecule has 4 aliphatic heterocycles. The first kappa shape index (κ1) is 40.5. The van der Waals surface area contributed by atoms with Gasteiger partial charge < -0.3 is 29.7 Å². The Kier molecular flexibility index (Phi) is 10.2. The van der Waals surface area contributed by atoms with E-state index in [0.717, 1.165) is 74.4 Å². The number of ether oxygens (including phenoxy) is 1. The molecule has 1 aliphatic carbocycles. The summed E-state index contributed by atoms with van der Waals surface area (Å²) in [4.78, 5) is 54.3. The lowest BCUT2D eigenvalue weighted by atomic mass is 9.89. The standard InChI is InChI=1S/C44H50ClF2N11O4/c1-24(56-16-18-57(19-17-56)28-7-8-29-34(21-28)55(3)53-36(29)30-9-11-35(59)50-41(30)60)25-12-14-58(15-13-25)43-48-22-32(45)40(52-43)49-27-6-10-33-31(20-27)37-38(42(61)54(33)2)62-23-44(46,47)39(51-37)26-4-5-26/h6-8,10,20-22,24-26,30,39,51H,4-5,9,11-19,23H2,1-3H3,(H,48,49,52)(H,50,59,60). The Morgan fingerprint density at radius 3 is 2.44 bits per heavy atom. The number of nitrogens with zero attached hydrogens (tertiary/aromatic N) is 8. The number of aromatic nitrogens is 5. The summed E-state index contributed by atoms with van der Waals surface area (Å²) in [6.45, 7) is 6.80. The summed E-state index contributed by atoms with van der Waals surface area (Å²) in [5, 5.41) is 15.4. The van der Waals surface area contributed by atoms with Gasteiger partial charge in [0.15, 0.2) is 12.4 Å². The number of hydrogen-bond acceptors (Lipinski definition) is 12. The number of carbonyl (C=O) groups is 2. The fourth-order valence-electron chi connectivity index (χ4n) is 9.97. The van der Waals surface area contributed by atoms with E-state index in [4.69, 9.17) is 26.4 Å². The molecule has 3 aromatic heterocycles. The highest BCUT2D eigenvalue weighted by Crippen LogP contribution is 2.46. The number of anilines is 5. The molecule has 3 saturated heterocycles. The predicted octanol–water partition coefficient (Wildman–Crippen LogP) is 5.78. The summed E-state index contributed by atoms with van der Waals surface area (Å²) in [5.41, 5.74) is 3.84. The van der Waals surface area contributed by atoms with Crippen LogP contribution in [0.25, 0.3) is 21.8 Å². The van der Waals surface area contributed by atoms with Crippen LogP contribution in [0.3, 0.4) is 0 Å². The number of fused-ring (bicyclic) bond motifs is 4. The van der Waals surface area contributed by atoms with Gasteiger partial charge in [-0.15, -0.1) is 0 Å². The van der Waals surface area contributed by atoms with Crippen LogP contribution in [0, 0.1) is 11.8 Å². The summed E-state index contributed by atoms with van der Waals surface area (Å²) < 4.78 is 39.1. The van der Waals surface area contributed by atoms with Crippen molar-refractivity contribution in [1.82, 2.24) is 34.5 Å². The van der Waals surface area contributed by atoms with Gasteiger partial charge in [0, 0.05) is 88.0 Å². The number of aryl methyl sites for hydroxylation is 2. The van der Waals surface area contributed by atoms with E-state index in [9.17, 15) is 14.4 Å². The van der Waals surface area contributed by atoms with Crippen molar-refractivity contribution >= 4 is 74.0 Å². The van der Waals surface area contributed by atoms with Gasteiger partial charge in [-0.05, 0) is 87.3 Å². The Balaban J connectivity index is 0.776. The molecule has 18 heteroatoms. The summed E-state index contributed by atoms with van der Waals surface area (Å²) >= 11 is 6.65. The molecule has 0 spiro atoms. The molecular formula is C44H50ClF2N11O4. The highest BCUT2D eigenvalue weighted by Gasteiger charge is 2.51. The number of alkyl halides is 2. The van der Waals surface area contributed by atoms with Gasteiger partial charge in [0.1, 0.15) is 5.02 Å². The van der Waals surface area contributed by atoms with Crippen LogP contribution >= 0.6 is 11.6 Å². The van der Waals surface area contributed by atoms with Crippen LogP contribution in [0.2, 0.25) is 5.02 Å². The molecule has 3 atom stereocenters. The molecule has 4 fully saturated rings. The number of rotatable bonds is 8. The van der Waals surface area contributed by atoms with Gasteiger partial charge in [-0.25, -0.2) is 13.8 Å². The number of pyridine rings is 1. The van der Waals surface area contributed by atoms with Gasteiger partial charge in [-0.2, -0.15) is 10.1 Å². The van der Waals surface area contributed by atoms with E-state index in [2.05, 4.69) is 60.8 Å². The summed E-state index contributed by atoms with van der Waals surface area (Å²) in [6, 6.07) is 11.0. The molecule has 326 valence electrons. The lowest BCUT2D eigenvalue weighted by molar-refractivity contribution is -0.134. The van der Waals surface area contributed by atoms with E-state index in [1.807, 2.05) is 23.9 Å². The third kappa shape index (κ3) is 7.35. The average molecular weight is 870 g/mol. The minimum Gasteiger partial charge on any atom is -0.480 e. The van der Waals surface area contributed by atoms with Crippen molar-refractivity contribution in [1.29, 1.82) is 0 Å². The molecular weight excluding hydrogens is 820 g/mol. The molecule has 62 heavy (non-hydrogen) atoms. The Morgan fingerprint density at radius 1 is 0.919 bits per heavy atom. The molecule has 10 rings (SSSR count). The monoisotopic (exact) mass is 869 g/mol. The molecule has 5 aliphatic rings. The molecule has 15 nitrogen and oxygen atoms in total. The predicted molar refractivity (Wildman–Crippen MR) is 234 cm³/mol. The largest absolute Gasteiger partial charge is 0.480 e. The number of imide groups is 1. The molecule has 0 bridgehead atoms. The van der Waals surface area contributed by atoms with Gasteiger partial charge in [0.25, 0.3) is 5.56 Å². The van der Waals surface area contributed by atoms with Crippen LogP contribution in [0.4, 0.5) is 37.6 Å². The van der Waals surface area contributed by atoms with Crippen molar-refractivity contribution in [3.63, 3.8) is 0 Å². The maximum Gasteiger partial charge on any atom is 0.301 e. The van der Waals surface area contributed by atoms with Crippen LogP contribution in [0.5, 0.6) is 5.75 Å². The van der Waals surface area contributed by atoms with Crippen molar-refractivity contribution in [2.45, 2.75) is 69.4 Å². The van der Waals surface area contributed by atoms with E-state index in [1.54, 1.807) is 19.3 Å². The molecule has 2 amide bonds. The molecule has 5 aromatic rings. The van der Waals surface area contributed by atoms with E-state index in [0.29, 0.717) is 71.0 Å². The minimum absolute atomic E-state index is 0.106. The SMILES string of the molecule is CC(C1CCN(c2ncc(Cl)c(Nc3ccc4c(c3)c3c(c(=O)n4C)OCC(F)(F)C(C4CC4)N3)n2)CC1)N1CCN(c2ccc3c(C4CCC(=O)NC4=O)nn(C)c3c2)CC1. The molecule has 2 aromatic carbocycles. The number of nitrogens with one attached hydrogen (secondary N) is 3. The van der Waals surface area contributed by atoms with Gasteiger partial charge >= 0.3 is 5.92 Å². The summed E-state index contributed by atoms with van der Waals surface area (Å²) in [6.07, 6.45) is 5.78. The second-order valence-corrected chi connectivity index (χ2v) is 18.0. The van der Waals surface area contributed by atoms with Gasteiger partial charge in [0.2, 0.25) is 23.5 Å². The fraction of sp³-hybridized carbons (Fsp3) is 0.500. The minimum atomic E-state index is -3.13. The van der Waals surface area contributed by atoms with Crippen molar-refractivity contribution in [2.24, 2.45) is 25.9 Å². The van der Waals surface area contributed by atoms with Gasteiger partial charge in [-0.3, -0.25) is 29.3 Å². The van der Waals surface area contributed by atoms with Crippen molar-refractivity contribution in [3.8, 4) is 5.75 Å².